The van der Waals surface area contributed by atoms with Crippen LogP contribution in [-0.2, 0) is 4.79 Å². The van der Waals surface area contributed by atoms with Crippen LogP contribution in [0.2, 0.25) is 0 Å². The number of urea groups is 1. The van der Waals surface area contributed by atoms with Gasteiger partial charge in [-0.3, -0.25) is 0 Å². The largest absolute Gasteiger partial charge is 0.480 e. The van der Waals surface area contributed by atoms with E-state index in [0.29, 0.717) is 12.8 Å². The zero-order valence-corrected chi connectivity index (χ0v) is 12.0. The summed E-state index contributed by atoms with van der Waals surface area (Å²) in [4.78, 5) is 23.5. The summed E-state index contributed by atoms with van der Waals surface area (Å²) in [6.45, 7) is 4.01. The molecular weight excluding hydrogens is 244 g/mol. The molecule has 3 N–H and O–H groups in total. The van der Waals surface area contributed by atoms with E-state index in [4.69, 9.17) is 0 Å². The first-order valence-corrected chi connectivity index (χ1v) is 7.36. The third kappa shape index (κ3) is 4.40. The number of carbonyl (C=O) groups is 2. The van der Waals surface area contributed by atoms with Gasteiger partial charge in [0.05, 0.1) is 0 Å². The predicted octanol–water partition coefficient (Wildman–Crippen LogP) is 2.65. The quantitative estimate of drug-likeness (QED) is 0.672. The minimum atomic E-state index is -1.08. The van der Waals surface area contributed by atoms with Crippen molar-refractivity contribution in [3.8, 4) is 0 Å². The molecule has 0 aliphatic heterocycles. The summed E-state index contributed by atoms with van der Waals surface area (Å²) >= 11 is 0. The lowest BCUT2D eigenvalue weighted by Crippen LogP contribution is -2.58. The number of carbonyl (C=O) groups excluding carboxylic acids is 1. The predicted molar refractivity (Wildman–Crippen MR) is 74.1 cm³/mol. The number of carboxylic acid groups (broad SMARTS) is 1. The van der Waals surface area contributed by atoms with Crippen LogP contribution in [0.1, 0.15) is 65.2 Å². The molecule has 1 aliphatic carbocycles. The van der Waals surface area contributed by atoms with Gasteiger partial charge >= 0.3 is 12.0 Å². The van der Waals surface area contributed by atoms with E-state index >= 15 is 0 Å². The van der Waals surface area contributed by atoms with E-state index in [1.54, 1.807) is 0 Å². The van der Waals surface area contributed by atoms with Crippen molar-refractivity contribution >= 4 is 12.0 Å². The van der Waals surface area contributed by atoms with Crippen molar-refractivity contribution in [3.63, 3.8) is 0 Å². The summed E-state index contributed by atoms with van der Waals surface area (Å²) in [5.74, 6) is -0.908. The summed E-state index contributed by atoms with van der Waals surface area (Å²) in [5, 5.41) is 15.0. The molecule has 0 aromatic carbocycles. The van der Waals surface area contributed by atoms with Crippen LogP contribution in [0.4, 0.5) is 4.79 Å². The molecule has 0 unspecified atom stereocenters. The minimum absolute atomic E-state index is 0.108. The number of amides is 2. The molecule has 1 fully saturated rings. The van der Waals surface area contributed by atoms with Crippen LogP contribution in [0, 0.1) is 0 Å². The second-order valence-electron chi connectivity index (χ2n) is 5.41. The third-order valence-corrected chi connectivity index (χ3v) is 4.04. The van der Waals surface area contributed by atoms with Gasteiger partial charge in [-0.05, 0) is 25.7 Å². The number of nitrogens with one attached hydrogen (secondary N) is 2. The maximum atomic E-state index is 12.0. The zero-order valence-electron chi connectivity index (χ0n) is 12.0. The lowest BCUT2D eigenvalue weighted by molar-refractivity contribution is -0.145. The highest BCUT2D eigenvalue weighted by Crippen LogP contribution is 2.27. The number of carboxylic acids is 1. The van der Waals surface area contributed by atoms with Crippen LogP contribution in [0.15, 0.2) is 0 Å². The normalized spacial score (nSPS) is 18.7. The van der Waals surface area contributed by atoms with E-state index < -0.39 is 11.5 Å². The van der Waals surface area contributed by atoms with Crippen LogP contribution in [0.5, 0.6) is 0 Å². The first kappa shape index (κ1) is 15.8. The van der Waals surface area contributed by atoms with Gasteiger partial charge in [0.25, 0.3) is 0 Å². The van der Waals surface area contributed by atoms with Gasteiger partial charge in [-0.2, -0.15) is 0 Å². The Kier molecular flexibility index (Phi) is 6.12. The highest BCUT2D eigenvalue weighted by atomic mass is 16.4. The lowest BCUT2D eigenvalue weighted by atomic mass is 9.90. The molecule has 0 heterocycles. The summed E-state index contributed by atoms with van der Waals surface area (Å²) in [5.41, 5.74) is -1.08. The van der Waals surface area contributed by atoms with Gasteiger partial charge in [0, 0.05) is 6.04 Å². The molecule has 0 saturated heterocycles. The Morgan fingerprint density at radius 3 is 2.05 bits per heavy atom. The second kappa shape index (κ2) is 7.36. The molecule has 0 aromatic rings. The summed E-state index contributed by atoms with van der Waals surface area (Å²) in [6, 6.07) is -0.241. The minimum Gasteiger partial charge on any atom is -0.480 e. The summed E-state index contributed by atoms with van der Waals surface area (Å²) in [7, 11) is 0. The molecule has 2 amide bonds. The van der Waals surface area contributed by atoms with Crippen molar-refractivity contribution in [2.75, 3.05) is 0 Å². The molecule has 0 spiro atoms. The van der Waals surface area contributed by atoms with Gasteiger partial charge in [-0.1, -0.05) is 39.5 Å². The lowest BCUT2D eigenvalue weighted by Gasteiger charge is -2.30. The maximum absolute atomic E-state index is 12.0. The standard InChI is InChI=1S/C14H26N2O3/c1-3-11(4-2)15-13(19)16-14(12(17)18)9-7-5-6-8-10-14/h11H,3-10H2,1-2H3,(H,17,18)(H2,15,16,19). The Hall–Kier alpha value is -1.26. The molecule has 1 rings (SSSR count). The molecule has 5 heteroatoms. The topological polar surface area (TPSA) is 78.4 Å². The first-order valence-electron chi connectivity index (χ1n) is 7.36. The molecule has 5 nitrogen and oxygen atoms in total. The Labute approximate surface area is 115 Å². The van der Waals surface area contributed by atoms with Gasteiger partial charge in [0.15, 0.2) is 0 Å². The average Bonchev–Trinajstić information content (AvgIpc) is 2.62. The van der Waals surface area contributed by atoms with Crippen LogP contribution in [0.3, 0.4) is 0 Å². The van der Waals surface area contributed by atoms with E-state index in [0.717, 1.165) is 38.5 Å². The molecule has 110 valence electrons. The fourth-order valence-electron chi connectivity index (χ4n) is 2.66. The smallest absolute Gasteiger partial charge is 0.329 e. The molecule has 0 atom stereocenters. The van der Waals surface area contributed by atoms with E-state index in [1.807, 2.05) is 13.8 Å². The number of aliphatic carboxylic acids is 1. The highest BCUT2D eigenvalue weighted by molar-refractivity contribution is 5.86. The third-order valence-electron chi connectivity index (χ3n) is 4.04. The monoisotopic (exact) mass is 270 g/mol. The van der Waals surface area contributed by atoms with E-state index in [9.17, 15) is 14.7 Å². The fourth-order valence-corrected chi connectivity index (χ4v) is 2.66. The van der Waals surface area contributed by atoms with Crippen molar-refractivity contribution < 1.29 is 14.7 Å². The molecule has 1 aliphatic rings. The van der Waals surface area contributed by atoms with Crippen molar-refractivity contribution in [3.05, 3.63) is 0 Å². The summed E-state index contributed by atoms with van der Waals surface area (Å²) in [6.07, 6.45) is 6.57. The Morgan fingerprint density at radius 2 is 1.63 bits per heavy atom. The first-order chi connectivity index (χ1) is 9.04. The van der Waals surface area contributed by atoms with Crippen molar-refractivity contribution in [1.82, 2.24) is 10.6 Å². The molecule has 0 aromatic heterocycles. The Morgan fingerprint density at radius 1 is 1.11 bits per heavy atom. The zero-order chi connectivity index (χ0) is 14.3. The second-order valence-corrected chi connectivity index (χ2v) is 5.41. The maximum Gasteiger partial charge on any atom is 0.329 e. The number of hydrogen-bond donors (Lipinski definition) is 3. The fraction of sp³-hybridized carbons (Fsp3) is 0.857. The van der Waals surface area contributed by atoms with Crippen molar-refractivity contribution in [2.45, 2.75) is 76.8 Å². The van der Waals surface area contributed by atoms with Gasteiger partial charge in [0.2, 0.25) is 0 Å². The highest BCUT2D eigenvalue weighted by Gasteiger charge is 2.40. The average molecular weight is 270 g/mol. The summed E-state index contributed by atoms with van der Waals surface area (Å²) < 4.78 is 0. The number of rotatable bonds is 5. The van der Waals surface area contributed by atoms with E-state index in [1.165, 1.54) is 0 Å². The Bertz CT molecular complexity index is 306. The Balaban J connectivity index is 2.67. The van der Waals surface area contributed by atoms with E-state index in [-0.39, 0.29) is 12.1 Å². The van der Waals surface area contributed by atoms with Crippen LogP contribution in [-0.4, -0.2) is 28.7 Å². The van der Waals surface area contributed by atoms with Crippen LogP contribution >= 0.6 is 0 Å². The van der Waals surface area contributed by atoms with E-state index in [2.05, 4.69) is 10.6 Å². The van der Waals surface area contributed by atoms with Crippen LogP contribution < -0.4 is 10.6 Å². The molecule has 1 saturated carbocycles. The number of hydrogen-bond acceptors (Lipinski definition) is 2. The molecule has 0 radical (unpaired) electrons. The van der Waals surface area contributed by atoms with Gasteiger partial charge in [-0.15, -0.1) is 0 Å². The van der Waals surface area contributed by atoms with Gasteiger partial charge < -0.3 is 15.7 Å². The molecule has 0 bridgehead atoms. The van der Waals surface area contributed by atoms with Gasteiger partial charge in [-0.25, -0.2) is 9.59 Å². The van der Waals surface area contributed by atoms with Crippen LogP contribution in [0.25, 0.3) is 0 Å². The van der Waals surface area contributed by atoms with Crippen molar-refractivity contribution in [1.29, 1.82) is 0 Å². The molecule has 19 heavy (non-hydrogen) atoms. The molecular formula is C14H26N2O3. The SMILES string of the molecule is CCC(CC)NC(=O)NC1(C(=O)O)CCCCCC1. The van der Waals surface area contributed by atoms with Gasteiger partial charge in [0.1, 0.15) is 5.54 Å². The van der Waals surface area contributed by atoms with Crippen molar-refractivity contribution in [2.24, 2.45) is 0 Å².